The minimum absolute atomic E-state index is 0.222. The second kappa shape index (κ2) is 4.12. The first-order chi connectivity index (χ1) is 9.64. The molecule has 0 N–H and O–H groups in total. The highest BCUT2D eigenvalue weighted by molar-refractivity contribution is 7.93. The van der Waals surface area contributed by atoms with Crippen LogP contribution in [0.3, 0.4) is 0 Å². The Bertz CT molecular complexity index is 827. The van der Waals surface area contributed by atoms with Gasteiger partial charge in [-0.05, 0) is 37.0 Å². The molecule has 1 saturated heterocycles. The summed E-state index contributed by atoms with van der Waals surface area (Å²) in [6.07, 6.45) is 5.74. The molecular formula is C15H14N2O2S. The van der Waals surface area contributed by atoms with Crippen molar-refractivity contribution in [3.8, 4) is 0 Å². The zero-order valence-electron chi connectivity index (χ0n) is 10.9. The number of allylic oxidation sites excluding steroid dienone is 1. The van der Waals surface area contributed by atoms with Gasteiger partial charge >= 0.3 is 0 Å². The molecule has 2 aromatic rings. The van der Waals surface area contributed by atoms with Crippen LogP contribution in [0.25, 0.3) is 16.6 Å². The number of rotatable bonds is 1. The van der Waals surface area contributed by atoms with Gasteiger partial charge in [-0.25, -0.2) is 13.4 Å². The maximum absolute atomic E-state index is 12.1. The van der Waals surface area contributed by atoms with Gasteiger partial charge in [0, 0.05) is 0 Å². The number of benzene rings is 1. The lowest BCUT2D eigenvalue weighted by Gasteiger charge is -2.19. The topological polar surface area (TPSA) is 59.9 Å². The lowest BCUT2D eigenvalue weighted by Crippen LogP contribution is -2.26. The number of fused-ring (bicyclic) bond motifs is 3. The van der Waals surface area contributed by atoms with E-state index in [0.29, 0.717) is 6.42 Å². The van der Waals surface area contributed by atoms with E-state index in [1.54, 1.807) is 6.20 Å². The molecule has 1 fully saturated rings. The third-order valence-electron chi connectivity index (χ3n) is 4.27. The van der Waals surface area contributed by atoms with Gasteiger partial charge in [0.2, 0.25) is 0 Å². The lowest BCUT2D eigenvalue weighted by atomic mass is 10.1. The van der Waals surface area contributed by atoms with E-state index in [0.717, 1.165) is 35.1 Å². The number of hydrogen-bond acceptors (Lipinski definition) is 4. The molecule has 0 radical (unpaired) electrons. The largest absolute Gasteiger partial charge is 0.252 e. The van der Waals surface area contributed by atoms with Gasteiger partial charge in [-0.15, -0.1) is 0 Å². The van der Waals surface area contributed by atoms with Crippen LogP contribution < -0.4 is 0 Å². The number of para-hydroxylation sites is 2. The summed E-state index contributed by atoms with van der Waals surface area (Å²) in [6.45, 7) is 0. The van der Waals surface area contributed by atoms with Gasteiger partial charge in [0.25, 0.3) is 0 Å². The van der Waals surface area contributed by atoms with Crippen molar-refractivity contribution in [3.05, 3.63) is 42.2 Å². The summed E-state index contributed by atoms with van der Waals surface area (Å²) in [4.78, 5) is 9.03. The zero-order valence-corrected chi connectivity index (χ0v) is 11.7. The second-order valence-corrected chi connectivity index (χ2v) is 7.92. The average Bonchev–Trinajstić information content (AvgIpc) is 2.67. The average molecular weight is 286 g/mol. The molecule has 4 rings (SSSR count). The van der Waals surface area contributed by atoms with Crippen LogP contribution in [0.15, 0.2) is 36.5 Å². The number of hydrogen-bond donors (Lipinski definition) is 0. The van der Waals surface area contributed by atoms with E-state index < -0.39 is 9.84 Å². The van der Waals surface area contributed by atoms with Gasteiger partial charge in [0.1, 0.15) is 0 Å². The van der Waals surface area contributed by atoms with Crippen molar-refractivity contribution >= 4 is 26.4 Å². The van der Waals surface area contributed by atoms with Crippen LogP contribution in [0.5, 0.6) is 0 Å². The second-order valence-electron chi connectivity index (χ2n) is 5.47. The smallest absolute Gasteiger partial charge is 0.159 e. The van der Waals surface area contributed by atoms with Crippen molar-refractivity contribution in [3.63, 3.8) is 0 Å². The Morgan fingerprint density at radius 1 is 1.10 bits per heavy atom. The Kier molecular flexibility index (Phi) is 2.48. The first-order valence-electron chi connectivity index (χ1n) is 6.80. The van der Waals surface area contributed by atoms with E-state index in [9.17, 15) is 8.42 Å². The quantitative estimate of drug-likeness (QED) is 0.807. The van der Waals surface area contributed by atoms with Gasteiger partial charge in [0.05, 0.1) is 33.4 Å². The number of sulfone groups is 1. The summed E-state index contributed by atoms with van der Waals surface area (Å²) in [5, 5.41) is -0.537. The zero-order chi connectivity index (χ0) is 13.7. The standard InChI is InChI=1S/C15H14N2O2S/c18-20(19)11-5-6-12(20)8-10(7-11)15-9-16-13-3-1-2-4-14(13)17-15/h1-4,7,9,11-12H,5-6,8H2. The van der Waals surface area contributed by atoms with Crippen LogP contribution in [0.2, 0.25) is 0 Å². The summed E-state index contributed by atoms with van der Waals surface area (Å²) in [6, 6.07) is 7.73. The van der Waals surface area contributed by atoms with E-state index in [-0.39, 0.29) is 10.5 Å². The van der Waals surface area contributed by atoms with Crippen LogP contribution in [0.4, 0.5) is 0 Å². The molecule has 0 aliphatic carbocycles. The Labute approximate surface area is 117 Å². The fraction of sp³-hybridized carbons (Fsp3) is 0.333. The molecule has 2 aliphatic rings. The molecular weight excluding hydrogens is 272 g/mol. The first-order valence-corrected chi connectivity index (χ1v) is 8.41. The molecule has 2 aliphatic heterocycles. The van der Waals surface area contributed by atoms with Crippen molar-refractivity contribution in [2.24, 2.45) is 0 Å². The minimum atomic E-state index is -2.94. The van der Waals surface area contributed by atoms with Crippen LogP contribution >= 0.6 is 0 Å². The van der Waals surface area contributed by atoms with E-state index in [1.165, 1.54) is 0 Å². The summed E-state index contributed by atoms with van der Waals surface area (Å²) < 4.78 is 24.2. The maximum Gasteiger partial charge on any atom is 0.159 e. The fourth-order valence-corrected chi connectivity index (χ4v) is 5.35. The van der Waals surface area contributed by atoms with Gasteiger partial charge < -0.3 is 0 Å². The van der Waals surface area contributed by atoms with E-state index >= 15 is 0 Å². The van der Waals surface area contributed by atoms with Gasteiger partial charge in [-0.2, -0.15) is 0 Å². The van der Waals surface area contributed by atoms with Gasteiger partial charge in [0.15, 0.2) is 9.84 Å². The fourth-order valence-electron chi connectivity index (χ4n) is 3.16. The Morgan fingerprint density at radius 2 is 1.90 bits per heavy atom. The molecule has 1 aromatic carbocycles. The predicted molar refractivity (Wildman–Crippen MR) is 77.9 cm³/mol. The number of nitrogens with zero attached hydrogens (tertiary/aromatic N) is 2. The molecule has 1 aromatic heterocycles. The third kappa shape index (κ3) is 1.69. The monoisotopic (exact) mass is 286 g/mol. The first kappa shape index (κ1) is 12.0. The molecule has 102 valence electrons. The van der Waals surface area contributed by atoms with Gasteiger partial charge in [-0.3, -0.25) is 4.98 Å². The molecule has 3 heterocycles. The SMILES string of the molecule is O=S1(=O)C2C=C(c3cnc4ccccc4n3)CC1CC2. The molecule has 0 amide bonds. The highest BCUT2D eigenvalue weighted by Gasteiger charge is 2.43. The molecule has 4 nitrogen and oxygen atoms in total. The molecule has 0 saturated carbocycles. The van der Waals surface area contributed by atoms with Crippen LogP contribution in [0.1, 0.15) is 25.0 Å². The lowest BCUT2D eigenvalue weighted by molar-refractivity contribution is 0.585. The molecule has 2 atom stereocenters. The van der Waals surface area contributed by atoms with Crippen LogP contribution in [0, 0.1) is 0 Å². The van der Waals surface area contributed by atoms with Crippen molar-refractivity contribution in [1.29, 1.82) is 0 Å². The van der Waals surface area contributed by atoms with Crippen molar-refractivity contribution in [2.75, 3.05) is 0 Å². The number of aromatic nitrogens is 2. The van der Waals surface area contributed by atoms with E-state index in [4.69, 9.17) is 0 Å². The van der Waals surface area contributed by atoms with Crippen molar-refractivity contribution < 1.29 is 8.42 Å². The summed E-state index contributed by atoms with van der Waals surface area (Å²) in [5.74, 6) is 0. The molecule has 2 unspecified atom stereocenters. The Hall–Kier alpha value is -1.75. The van der Waals surface area contributed by atoms with Crippen molar-refractivity contribution in [2.45, 2.75) is 29.8 Å². The summed E-state index contributed by atoms with van der Waals surface area (Å²) >= 11 is 0. The molecule has 5 heteroatoms. The Balaban J connectivity index is 1.81. The summed E-state index contributed by atoms with van der Waals surface area (Å²) in [7, 11) is -2.94. The molecule has 2 bridgehead atoms. The Morgan fingerprint density at radius 3 is 2.70 bits per heavy atom. The van der Waals surface area contributed by atoms with E-state index in [1.807, 2.05) is 30.3 Å². The van der Waals surface area contributed by atoms with Gasteiger partial charge in [-0.1, -0.05) is 18.2 Å². The van der Waals surface area contributed by atoms with Crippen LogP contribution in [-0.2, 0) is 9.84 Å². The third-order valence-corrected chi connectivity index (χ3v) is 6.82. The normalized spacial score (nSPS) is 27.5. The van der Waals surface area contributed by atoms with Crippen LogP contribution in [-0.4, -0.2) is 28.9 Å². The van der Waals surface area contributed by atoms with E-state index in [2.05, 4.69) is 9.97 Å². The molecule has 20 heavy (non-hydrogen) atoms. The molecule has 0 spiro atoms. The summed E-state index contributed by atoms with van der Waals surface area (Å²) in [5.41, 5.74) is 3.57. The highest BCUT2D eigenvalue weighted by Crippen LogP contribution is 2.40. The van der Waals surface area contributed by atoms with Crippen molar-refractivity contribution in [1.82, 2.24) is 9.97 Å². The minimum Gasteiger partial charge on any atom is -0.252 e. The highest BCUT2D eigenvalue weighted by atomic mass is 32.2. The maximum atomic E-state index is 12.1. The predicted octanol–water partition coefficient (Wildman–Crippen LogP) is 2.36.